The van der Waals surface area contributed by atoms with E-state index in [2.05, 4.69) is 29.5 Å². The van der Waals surface area contributed by atoms with Gasteiger partial charge < -0.3 is 0 Å². The normalized spacial score (nSPS) is 8.92. The molecule has 3 heteroatoms. The molecule has 1 aromatic heterocycles. The number of halogens is 1. The van der Waals surface area contributed by atoms with Gasteiger partial charge >= 0.3 is 0 Å². The van der Waals surface area contributed by atoms with Crippen LogP contribution in [0.15, 0.2) is 12.3 Å². The molecule has 0 N–H and O–H groups in total. The summed E-state index contributed by atoms with van der Waals surface area (Å²) in [6, 6.07) is 1.67. The minimum Gasteiger partial charge on any atom is -0.227 e. The van der Waals surface area contributed by atoms with E-state index in [1.165, 1.54) is 6.20 Å². The maximum Gasteiger partial charge on any atom is 0.215 e. The fourth-order valence-corrected chi connectivity index (χ4v) is 0.847. The highest BCUT2D eigenvalue weighted by atomic mass is 32.1. The molecule has 0 aromatic carbocycles. The molecule has 0 radical (unpaired) electrons. The van der Waals surface area contributed by atoms with Crippen molar-refractivity contribution in [1.82, 2.24) is 4.98 Å². The maximum atomic E-state index is 12.6. The zero-order chi connectivity index (χ0) is 8.97. The third-order valence-electron chi connectivity index (χ3n) is 1.33. The number of aryl methyl sites for hydroxylation is 1. The van der Waals surface area contributed by atoms with Gasteiger partial charge in [0, 0.05) is 17.3 Å². The van der Waals surface area contributed by atoms with Crippen molar-refractivity contribution in [3.63, 3.8) is 0 Å². The van der Waals surface area contributed by atoms with E-state index in [0.29, 0.717) is 11.3 Å². The molecule has 0 spiro atoms. The summed E-state index contributed by atoms with van der Waals surface area (Å²) in [6.45, 7) is 1.66. The highest BCUT2D eigenvalue weighted by molar-refractivity contribution is 7.80. The van der Waals surface area contributed by atoms with Gasteiger partial charge in [0.25, 0.3) is 0 Å². The van der Waals surface area contributed by atoms with Crippen LogP contribution in [0.1, 0.15) is 11.1 Å². The van der Waals surface area contributed by atoms with E-state index in [1.807, 2.05) is 0 Å². The van der Waals surface area contributed by atoms with Gasteiger partial charge in [0.1, 0.15) is 0 Å². The molecule has 0 unspecified atom stereocenters. The van der Waals surface area contributed by atoms with Crippen molar-refractivity contribution >= 4 is 12.6 Å². The molecule has 0 aliphatic heterocycles. The lowest BCUT2D eigenvalue weighted by molar-refractivity contribution is 0.574. The Morgan fingerprint density at radius 3 is 3.00 bits per heavy atom. The van der Waals surface area contributed by atoms with E-state index in [4.69, 9.17) is 0 Å². The predicted molar refractivity (Wildman–Crippen MR) is 49.7 cm³/mol. The number of rotatable bonds is 0. The number of nitrogens with zero attached hydrogens (tertiary/aromatic N) is 1. The summed E-state index contributed by atoms with van der Waals surface area (Å²) < 4.78 is 12.6. The molecule has 1 heterocycles. The van der Waals surface area contributed by atoms with Crippen molar-refractivity contribution in [2.45, 2.75) is 6.92 Å². The molecule has 1 nitrogen and oxygen atoms in total. The van der Waals surface area contributed by atoms with Gasteiger partial charge in [-0.05, 0) is 13.0 Å². The Morgan fingerprint density at radius 2 is 2.42 bits per heavy atom. The van der Waals surface area contributed by atoms with E-state index in [-0.39, 0.29) is 0 Å². The Bertz CT molecular complexity index is 338. The van der Waals surface area contributed by atoms with Gasteiger partial charge in [-0.15, -0.1) is 0 Å². The van der Waals surface area contributed by atoms with Crippen molar-refractivity contribution in [1.29, 1.82) is 0 Å². The maximum absolute atomic E-state index is 12.6. The second-order valence-electron chi connectivity index (χ2n) is 2.29. The van der Waals surface area contributed by atoms with Crippen molar-refractivity contribution < 1.29 is 4.39 Å². The number of pyridine rings is 1. The molecular weight excluding hydrogens is 173 g/mol. The summed E-state index contributed by atoms with van der Waals surface area (Å²) in [5.41, 5.74) is 1.24. The van der Waals surface area contributed by atoms with E-state index in [0.717, 1.165) is 5.56 Å². The van der Waals surface area contributed by atoms with Crippen LogP contribution >= 0.6 is 12.6 Å². The van der Waals surface area contributed by atoms with Crippen molar-refractivity contribution in [3.8, 4) is 11.8 Å². The van der Waals surface area contributed by atoms with E-state index < -0.39 is 5.95 Å². The highest BCUT2D eigenvalue weighted by Gasteiger charge is 1.96. The van der Waals surface area contributed by atoms with Crippen LogP contribution in [-0.4, -0.2) is 10.7 Å². The van der Waals surface area contributed by atoms with E-state index >= 15 is 0 Å². The fourth-order valence-electron chi connectivity index (χ4n) is 0.768. The van der Waals surface area contributed by atoms with Crippen molar-refractivity contribution in [2.75, 3.05) is 5.75 Å². The monoisotopic (exact) mass is 181 g/mol. The lowest BCUT2D eigenvalue weighted by Crippen LogP contribution is -1.88. The molecule has 0 fully saturated rings. The smallest absolute Gasteiger partial charge is 0.215 e. The number of aromatic nitrogens is 1. The van der Waals surface area contributed by atoms with Gasteiger partial charge in [-0.2, -0.15) is 17.0 Å². The summed E-state index contributed by atoms with van der Waals surface area (Å²) in [5.74, 6) is 5.63. The fraction of sp³-hybridized carbons (Fsp3) is 0.222. The van der Waals surface area contributed by atoms with Gasteiger partial charge in [-0.25, -0.2) is 4.98 Å². The van der Waals surface area contributed by atoms with Gasteiger partial charge in [-0.3, -0.25) is 0 Å². The largest absolute Gasteiger partial charge is 0.227 e. The van der Waals surface area contributed by atoms with Crippen LogP contribution in [0.5, 0.6) is 0 Å². The molecule has 1 aromatic rings. The number of thiol groups is 1. The standard InChI is InChI=1S/C9H8FNS/c1-7-5-8(3-2-4-12)6-11-9(7)10/h5-6,12H,4H2,1H3. The Balaban J connectivity index is 2.97. The minimum absolute atomic E-state index is 0.438. The quantitative estimate of drug-likeness (QED) is 0.366. The average molecular weight is 181 g/mol. The van der Waals surface area contributed by atoms with Crippen LogP contribution in [0.25, 0.3) is 0 Å². The molecule has 1 rings (SSSR count). The average Bonchev–Trinajstić information content (AvgIpc) is 2.07. The Labute approximate surface area is 76.4 Å². The molecule has 0 saturated heterocycles. The van der Waals surface area contributed by atoms with Crippen molar-refractivity contribution in [3.05, 3.63) is 29.3 Å². The first-order valence-corrected chi connectivity index (χ1v) is 4.09. The summed E-state index contributed by atoms with van der Waals surface area (Å²) in [6.07, 6.45) is 1.42. The van der Waals surface area contributed by atoms with Gasteiger partial charge in [0.05, 0.1) is 5.75 Å². The SMILES string of the molecule is Cc1cc(C#CCS)cnc1F. The molecule has 0 bridgehead atoms. The van der Waals surface area contributed by atoms with Crippen LogP contribution in [0.3, 0.4) is 0 Å². The van der Waals surface area contributed by atoms with Crippen LogP contribution < -0.4 is 0 Å². The topological polar surface area (TPSA) is 12.9 Å². The third-order valence-corrected chi connectivity index (χ3v) is 1.48. The number of hydrogen-bond donors (Lipinski definition) is 1. The molecule has 62 valence electrons. The Morgan fingerprint density at radius 1 is 1.67 bits per heavy atom. The summed E-state index contributed by atoms with van der Waals surface area (Å²) in [7, 11) is 0. The molecule has 0 aliphatic carbocycles. The molecule has 0 amide bonds. The predicted octanol–water partition coefficient (Wildman–Crippen LogP) is 1.81. The highest BCUT2D eigenvalue weighted by Crippen LogP contribution is 2.04. The third kappa shape index (κ3) is 2.24. The van der Waals surface area contributed by atoms with E-state index in [1.54, 1.807) is 13.0 Å². The Kier molecular flexibility index (Phi) is 3.12. The van der Waals surface area contributed by atoms with Crippen LogP contribution in [-0.2, 0) is 0 Å². The minimum atomic E-state index is -0.438. The molecule has 0 aliphatic rings. The van der Waals surface area contributed by atoms with Gasteiger partial charge in [0.2, 0.25) is 5.95 Å². The zero-order valence-corrected chi connectivity index (χ0v) is 7.53. The lowest BCUT2D eigenvalue weighted by Gasteiger charge is -1.94. The van der Waals surface area contributed by atoms with Gasteiger partial charge in [-0.1, -0.05) is 11.8 Å². The lowest BCUT2D eigenvalue weighted by atomic mass is 10.2. The number of hydrogen-bond acceptors (Lipinski definition) is 2. The zero-order valence-electron chi connectivity index (χ0n) is 6.63. The molecule has 0 saturated carbocycles. The van der Waals surface area contributed by atoms with Crippen LogP contribution in [0, 0.1) is 24.7 Å². The van der Waals surface area contributed by atoms with Crippen molar-refractivity contribution in [2.24, 2.45) is 0 Å². The second-order valence-corrected chi connectivity index (χ2v) is 2.61. The summed E-state index contributed by atoms with van der Waals surface area (Å²) in [5, 5.41) is 0. The first-order chi connectivity index (χ1) is 5.74. The molecular formula is C9H8FNS. The first-order valence-electron chi connectivity index (χ1n) is 3.46. The summed E-state index contributed by atoms with van der Waals surface area (Å²) in [4.78, 5) is 3.54. The molecule has 12 heavy (non-hydrogen) atoms. The van der Waals surface area contributed by atoms with Gasteiger partial charge in [0.15, 0.2) is 0 Å². The molecule has 0 atom stereocenters. The van der Waals surface area contributed by atoms with Crippen LogP contribution in [0.4, 0.5) is 4.39 Å². The van der Waals surface area contributed by atoms with E-state index in [9.17, 15) is 4.39 Å². The second kappa shape index (κ2) is 4.13. The first kappa shape index (κ1) is 9.08. The van der Waals surface area contributed by atoms with Crippen LogP contribution in [0.2, 0.25) is 0 Å². The Hall–Kier alpha value is -1.01. The summed E-state index contributed by atoms with van der Waals surface area (Å²) >= 11 is 3.93.